The number of nitrogens with zero attached hydrogens (tertiary/aromatic N) is 1. The minimum Gasteiger partial charge on any atom is -0.481 e. The van der Waals surface area contributed by atoms with E-state index in [4.69, 9.17) is 13.7 Å². The zero-order valence-electron chi connectivity index (χ0n) is 16.3. The SMILES string of the molecule is Cc1cc2oc(-c3ccccc3)c(OCc3c(C)noc3C)c(=O)c2cc1C. The van der Waals surface area contributed by atoms with E-state index in [1.54, 1.807) is 0 Å². The first-order valence-corrected chi connectivity index (χ1v) is 9.13. The molecule has 0 amide bonds. The van der Waals surface area contributed by atoms with Gasteiger partial charge in [0.1, 0.15) is 18.0 Å². The van der Waals surface area contributed by atoms with E-state index < -0.39 is 0 Å². The molecule has 4 aromatic rings. The highest BCUT2D eigenvalue weighted by molar-refractivity contribution is 5.83. The Morgan fingerprint density at radius 3 is 2.39 bits per heavy atom. The van der Waals surface area contributed by atoms with E-state index in [0.29, 0.717) is 22.5 Å². The van der Waals surface area contributed by atoms with Gasteiger partial charge in [-0.15, -0.1) is 0 Å². The van der Waals surface area contributed by atoms with E-state index in [0.717, 1.165) is 27.9 Å². The Balaban J connectivity index is 1.90. The van der Waals surface area contributed by atoms with Crippen LogP contribution >= 0.6 is 0 Å². The Morgan fingerprint density at radius 1 is 1.00 bits per heavy atom. The van der Waals surface area contributed by atoms with Crippen molar-refractivity contribution in [1.82, 2.24) is 5.16 Å². The lowest BCUT2D eigenvalue weighted by Gasteiger charge is -2.12. The molecule has 2 heterocycles. The van der Waals surface area contributed by atoms with Crippen LogP contribution in [0.25, 0.3) is 22.3 Å². The molecule has 0 atom stereocenters. The van der Waals surface area contributed by atoms with E-state index in [-0.39, 0.29) is 17.8 Å². The largest absolute Gasteiger partial charge is 0.481 e. The van der Waals surface area contributed by atoms with Crippen LogP contribution in [0.15, 0.2) is 56.2 Å². The van der Waals surface area contributed by atoms with Crippen molar-refractivity contribution in [3.8, 4) is 17.1 Å². The zero-order chi connectivity index (χ0) is 19.8. The quantitative estimate of drug-likeness (QED) is 0.487. The Bertz CT molecular complexity index is 1200. The highest BCUT2D eigenvalue weighted by atomic mass is 16.5. The summed E-state index contributed by atoms with van der Waals surface area (Å²) in [6.07, 6.45) is 0. The van der Waals surface area contributed by atoms with Gasteiger partial charge >= 0.3 is 0 Å². The molecule has 5 nitrogen and oxygen atoms in total. The predicted molar refractivity (Wildman–Crippen MR) is 108 cm³/mol. The van der Waals surface area contributed by atoms with Gasteiger partial charge in [0.05, 0.1) is 16.6 Å². The molecular weight excluding hydrogens is 354 g/mol. The molecule has 4 rings (SSSR count). The topological polar surface area (TPSA) is 65.5 Å². The van der Waals surface area contributed by atoms with E-state index in [1.807, 2.05) is 70.2 Å². The number of rotatable bonds is 4. The number of ether oxygens (including phenoxy) is 1. The normalized spacial score (nSPS) is 11.1. The second-order valence-electron chi connectivity index (χ2n) is 6.98. The Morgan fingerprint density at radius 2 is 1.71 bits per heavy atom. The second kappa shape index (κ2) is 7.00. The maximum atomic E-state index is 13.3. The number of hydrogen-bond donors (Lipinski definition) is 0. The molecule has 0 aliphatic carbocycles. The first-order chi connectivity index (χ1) is 13.5. The molecule has 0 saturated heterocycles. The summed E-state index contributed by atoms with van der Waals surface area (Å²) in [4.78, 5) is 13.3. The summed E-state index contributed by atoms with van der Waals surface area (Å²) in [5, 5.41) is 4.46. The average Bonchev–Trinajstić information content (AvgIpc) is 3.01. The predicted octanol–water partition coefficient (Wildman–Crippen LogP) is 5.26. The van der Waals surface area contributed by atoms with Crippen molar-refractivity contribution in [3.63, 3.8) is 0 Å². The van der Waals surface area contributed by atoms with E-state index in [1.165, 1.54) is 0 Å². The fourth-order valence-corrected chi connectivity index (χ4v) is 3.20. The Labute approximate surface area is 162 Å². The lowest BCUT2D eigenvalue weighted by Crippen LogP contribution is -2.11. The van der Waals surface area contributed by atoms with Gasteiger partial charge in [0.2, 0.25) is 11.2 Å². The summed E-state index contributed by atoms with van der Waals surface area (Å²) in [7, 11) is 0. The molecular formula is C23H21NO4. The van der Waals surface area contributed by atoms with Crippen molar-refractivity contribution in [2.24, 2.45) is 0 Å². The molecule has 28 heavy (non-hydrogen) atoms. The van der Waals surface area contributed by atoms with Crippen LogP contribution in [-0.2, 0) is 6.61 Å². The Hall–Kier alpha value is -3.34. The van der Waals surface area contributed by atoms with Gasteiger partial charge in [0.25, 0.3) is 0 Å². The van der Waals surface area contributed by atoms with Gasteiger partial charge in [-0.05, 0) is 51.0 Å². The summed E-state index contributed by atoms with van der Waals surface area (Å²) >= 11 is 0. The Kier molecular flexibility index (Phi) is 4.51. The van der Waals surface area contributed by atoms with Crippen LogP contribution < -0.4 is 10.2 Å². The van der Waals surface area contributed by atoms with Crippen molar-refractivity contribution in [3.05, 3.63) is 80.8 Å². The third-order valence-electron chi connectivity index (χ3n) is 5.04. The molecule has 0 N–H and O–H groups in total. The zero-order valence-corrected chi connectivity index (χ0v) is 16.3. The maximum absolute atomic E-state index is 13.3. The first-order valence-electron chi connectivity index (χ1n) is 9.13. The minimum atomic E-state index is -0.185. The van der Waals surface area contributed by atoms with Gasteiger partial charge in [-0.2, -0.15) is 0 Å². The van der Waals surface area contributed by atoms with Gasteiger partial charge < -0.3 is 13.7 Å². The van der Waals surface area contributed by atoms with Crippen molar-refractivity contribution >= 4 is 11.0 Å². The van der Waals surface area contributed by atoms with Crippen LogP contribution in [0.3, 0.4) is 0 Å². The molecule has 0 spiro atoms. The number of fused-ring (bicyclic) bond motifs is 1. The van der Waals surface area contributed by atoms with Crippen molar-refractivity contribution in [2.75, 3.05) is 0 Å². The molecule has 142 valence electrons. The van der Waals surface area contributed by atoms with Crippen LogP contribution in [0.2, 0.25) is 0 Å². The van der Waals surface area contributed by atoms with Gasteiger partial charge in [0.15, 0.2) is 5.76 Å². The van der Waals surface area contributed by atoms with Crippen LogP contribution in [0.1, 0.15) is 28.1 Å². The second-order valence-corrected chi connectivity index (χ2v) is 6.98. The van der Waals surface area contributed by atoms with Crippen LogP contribution in [-0.4, -0.2) is 5.16 Å². The lowest BCUT2D eigenvalue weighted by atomic mass is 10.0. The van der Waals surface area contributed by atoms with E-state index in [2.05, 4.69) is 5.16 Å². The third-order valence-corrected chi connectivity index (χ3v) is 5.04. The first kappa shape index (κ1) is 18.0. The average molecular weight is 375 g/mol. The van der Waals surface area contributed by atoms with Gasteiger partial charge in [0, 0.05) is 5.56 Å². The van der Waals surface area contributed by atoms with Crippen LogP contribution in [0.4, 0.5) is 0 Å². The van der Waals surface area contributed by atoms with E-state index >= 15 is 0 Å². The highest BCUT2D eigenvalue weighted by Crippen LogP contribution is 2.32. The smallest absolute Gasteiger partial charge is 0.235 e. The summed E-state index contributed by atoms with van der Waals surface area (Å²) < 4.78 is 17.4. The summed E-state index contributed by atoms with van der Waals surface area (Å²) in [5.41, 5.74) is 4.83. The van der Waals surface area contributed by atoms with Gasteiger partial charge in [-0.25, -0.2) is 0 Å². The van der Waals surface area contributed by atoms with E-state index in [9.17, 15) is 4.79 Å². The van der Waals surface area contributed by atoms with Crippen LogP contribution in [0, 0.1) is 27.7 Å². The molecule has 0 fully saturated rings. The fourth-order valence-electron chi connectivity index (χ4n) is 3.20. The molecule has 0 radical (unpaired) electrons. The molecule has 0 aliphatic rings. The van der Waals surface area contributed by atoms with Crippen LogP contribution in [0.5, 0.6) is 5.75 Å². The van der Waals surface area contributed by atoms with Gasteiger partial charge in [-0.1, -0.05) is 35.5 Å². The van der Waals surface area contributed by atoms with Gasteiger partial charge in [-0.3, -0.25) is 4.79 Å². The van der Waals surface area contributed by atoms with Crippen molar-refractivity contribution < 1.29 is 13.7 Å². The number of aryl methyl sites for hydroxylation is 4. The fraction of sp³-hybridized carbons (Fsp3) is 0.217. The molecule has 0 aliphatic heterocycles. The number of benzene rings is 2. The third kappa shape index (κ3) is 3.09. The number of hydrogen-bond acceptors (Lipinski definition) is 5. The van der Waals surface area contributed by atoms with Crippen molar-refractivity contribution in [1.29, 1.82) is 0 Å². The highest BCUT2D eigenvalue weighted by Gasteiger charge is 2.20. The van der Waals surface area contributed by atoms with Crippen molar-refractivity contribution in [2.45, 2.75) is 34.3 Å². The molecule has 0 saturated carbocycles. The molecule has 0 bridgehead atoms. The minimum absolute atomic E-state index is 0.183. The maximum Gasteiger partial charge on any atom is 0.235 e. The monoisotopic (exact) mass is 375 g/mol. The molecule has 5 heteroatoms. The summed E-state index contributed by atoms with van der Waals surface area (Å²) in [6, 6.07) is 13.3. The summed E-state index contributed by atoms with van der Waals surface area (Å²) in [6.45, 7) is 7.83. The molecule has 0 unspecified atom stereocenters. The number of aromatic nitrogens is 1. The molecule has 2 aromatic heterocycles. The molecule has 2 aromatic carbocycles. The lowest BCUT2D eigenvalue weighted by molar-refractivity contribution is 0.294. The summed E-state index contributed by atoms with van der Waals surface area (Å²) in [5.74, 6) is 1.30. The standard InChI is InChI=1S/C23H21NO4/c1-13-10-18-20(11-14(13)2)27-22(17-8-6-5-7-9-17)23(21(18)25)26-12-19-15(3)24-28-16(19)4/h5-11H,12H2,1-4H3.